The molecule has 18 heavy (non-hydrogen) atoms. The van der Waals surface area contributed by atoms with Crippen molar-refractivity contribution in [2.75, 3.05) is 7.05 Å². The lowest BCUT2D eigenvalue weighted by Gasteiger charge is -2.08. The molecule has 2 rings (SSSR count). The molecule has 2 nitrogen and oxygen atoms in total. The molecule has 1 aromatic heterocycles. The number of thiophene rings is 1. The zero-order valence-electron chi connectivity index (χ0n) is 9.87. The highest BCUT2D eigenvalue weighted by atomic mass is 79.9. The van der Waals surface area contributed by atoms with E-state index >= 15 is 0 Å². The second-order valence-electron chi connectivity index (χ2n) is 3.81. The lowest BCUT2D eigenvalue weighted by Crippen LogP contribution is -2.05. The summed E-state index contributed by atoms with van der Waals surface area (Å²) < 4.78 is 20.0. The van der Waals surface area contributed by atoms with E-state index in [4.69, 9.17) is 4.74 Å². The maximum atomic E-state index is 13.4. The van der Waals surface area contributed by atoms with Crippen molar-refractivity contribution in [1.29, 1.82) is 0 Å². The van der Waals surface area contributed by atoms with Crippen molar-refractivity contribution in [2.45, 2.75) is 13.2 Å². The van der Waals surface area contributed by atoms with E-state index in [9.17, 15) is 4.39 Å². The van der Waals surface area contributed by atoms with Gasteiger partial charge in [-0.2, -0.15) is 0 Å². The zero-order valence-corrected chi connectivity index (χ0v) is 12.3. The molecule has 1 N–H and O–H groups in total. The van der Waals surface area contributed by atoms with Gasteiger partial charge >= 0.3 is 0 Å². The third kappa shape index (κ3) is 3.54. The fourth-order valence-electron chi connectivity index (χ4n) is 1.59. The van der Waals surface area contributed by atoms with Crippen LogP contribution in [0.3, 0.4) is 0 Å². The molecule has 0 aliphatic heterocycles. The standard InChI is InChI=1S/C13H13BrFNOS/c1-16-7-9-4-10(15)6-11(5-9)17-8-13-12(14)2-3-18-13/h2-6,16H,7-8H2,1H3. The van der Waals surface area contributed by atoms with Gasteiger partial charge in [-0.15, -0.1) is 11.3 Å². The number of rotatable bonds is 5. The molecule has 0 unspecified atom stereocenters. The first-order valence-electron chi connectivity index (χ1n) is 5.48. The molecule has 0 amide bonds. The summed E-state index contributed by atoms with van der Waals surface area (Å²) in [6.07, 6.45) is 0. The Morgan fingerprint density at radius 2 is 2.22 bits per heavy atom. The van der Waals surface area contributed by atoms with Crippen LogP contribution in [0.5, 0.6) is 5.75 Å². The number of nitrogens with one attached hydrogen (secondary N) is 1. The van der Waals surface area contributed by atoms with E-state index in [1.165, 1.54) is 12.1 Å². The predicted molar refractivity (Wildman–Crippen MR) is 75.5 cm³/mol. The van der Waals surface area contributed by atoms with Crippen LogP contribution in [-0.2, 0) is 13.2 Å². The maximum Gasteiger partial charge on any atom is 0.127 e. The molecule has 5 heteroatoms. The summed E-state index contributed by atoms with van der Waals surface area (Å²) in [6, 6.07) is 6.73. The summed E-state index contributed by atoms with van der Waals surface area (Å²) in [7, 11) is 1.83. The highest BCUT2D eigenvalue weighted by Crippen LogP contribution is 2.25. The normalized spacial score (nSPS) is 10.6. The van der Waals surface area contributed by atoms with Gasteiger partial charge in [0.05, 0.1) is 4.88 Å². The molecule has 96 valence electrons. The fraction of sp³-hybridized carbons (Fsp3) is 0.231. The summed E-state index contributed by atoms with van der Waals surface area (Å²) in [5, 5.41) is 4.98. The van der Waals surface area contributed by atoms with E-state index < -0.39 is 0 Å². The Labute approximate surface area is 118 Å². The third-order valence-electron chi connectivity index (χ3n) is 2.37. The molecule has 0 spiro atoms. The fourth-order valence-corrected chi connectivity index (χ4v) is 2.97. The summed E-state index contributed by atoms with van der Waals surface area (Å²) in [4.78, 5) is 1.09. The molecule has 0 aliphatic carbocycles. The first-order valence-corrected chi connectivity index (χ1v) is 7.15. The Balaban J connectivity index is 2.07. The van der Waals surface area contributed by atoms with Crippen molar-refractivity contribution < 1.29 is 9.13 Å². The summed E-state index contributed by atoms with van der Waals surface area (Å²) in [5.41, 5.74) is 0.873. The number of ether oxygens (including phenoxy) is 1. The Morgan fingerprint density at radius 1 is 1.39 bits per heavy atom. The van der Waals surface area contributed by atoms with Gasteiger partial charge in [0.2, 0.25) is 0 Å². The smallest absolute Gasteiger partial charge is 0.127 e. The van der Waals surface area contributed by atoms with Crippen LogP contribution in [0, 0.1) is 5.82 Å². The number of halogens is 2. The quantitative estimate of drug-likeness (QED) is 0.896. The average Bonchev–Trinajstić information content (AvgIpc) is 2.72. The van der Waals surface area contributed by atoms with Gasteiger partial charge in [-0.1, -0.05) is 0 Å². The average molecular weight is 330 g/mol. The van der Waals surface area contributed by atoms with Gasteiger partial charge in [0.1, 0.15) is 18.2 Å². The second-order valence-corrected chi connectivity index (χ2v) is 5.66. The highest BCUT2D eigenvalue weighted by molar-refractivity contribution is 9.10. The van der Waals surface area contributed by atoms with Crippen molar-refractivity contribution in [3.8, 4) is 5.75 Å². The van der Waals surface area contributed by atoms with Crippen molar-refractivity contribution in [1.82, 2.24) is 5.32 Å². The maximum absolute atomic E-state index is 13.4. The van der Waals surface area contributed by atoms with Crippen LogP contribution in [0.2, 0.25) is 0 Å². The third-order valence-corrected chi connectivity index (χ3v) is 4.27. The summed E-state index contributed by atoms with van der Waals surface area (Å²) >= 11 is 5.05. The van der Waals surface area contributed by atoms with E-state index in [1.807, 2.05) is 24.6 Å². The van der Waals surface area contributed by atoms with Crippen LogP contribution >= 0.6 is 27.3 Å². The van der Waals surface area contributed by atoms with E-state index in [0.29, 0.717) is 18.9 Å². The van der Waals surface area contributed by atoms with Gasteiger partial charge in [0, 0.05) is 17.1 Å². The molecular weight excluding hydrogens is 317 g/mol. The van der Waals surface area contributed by atoms with Gasteiger partial charge in [-0.3, -0.25) is 0 Å². The molecule has 0 radical (unpaired) electrons. The molecule has 0 aliphatic rings. The minimum absolute atomic E-state index is 0.275. The topological polar surface area (TPSA) is 21.3 Å². The monoisotopic (exact) mass is 329 g/mol. The van der Waals surface area contributed by atoms with Gasteiger partial charge in [-0.25, -0.2) is 4.39 Å². The van der Waals surface area contributed by atoms with E-state index in [1.54, 1.807) is 11.3 Å². The zero-order chi connectivity index (χ0) is 13.0. The lowest BCUT2D eigenvalue weighted by molar-refractivity contribution is 0.307. The second kappa shape index (κ2) is 6.31. The van der Waals surface area contributed by atoms with Crippen LogP contribution < -0.4 is 10.1 Å². The van der Waals surface area contributed by atoms with E-state index in [0.717, 1.165) is 14.9 Å². The van der Waals surface area contributed by atoms with Gasteiger partial charge in [0.15, 0.2) is 0 Å². The van der Waals surface area contributed by atoms with Crippen LogP contribution in [-0.4, -0.2) is 7.05 Å². The Hall–Kier alpha value is -0.910. The molecule has 1 heterocycles. The molecule has 0 saturated carbocycles. The van der Waals surface area contributed by atoms with Crippen LogP contribution in [0.4, 0.5) is 4.39 Å². The summed E-state index contributed by atoms with van der Waals surface area (Å²) in [5.74, 6) is 0.281. The van der Waals surface area contributed by atoms with Crippen molar-refractivity contribution in [3.05, 3.63) is 50.4 Å². The van der Waals surface area contributed by atoms with Gasteiger partial charge < -0.3 is 10.1 Å². The van der Waals surface area contributed by atoms with Gasteiger partial charge in [0.25, 0.3) is 0 Å². The molecule has 0 saturated heterocycles. The Bertz CT molecular complexity index is 529. The number of hydrogen-bond acceptors (Lipinski definition) is 3. The van der Waals surface area contributed by atoms with E-state index in [-0.39, 0.29) is 5.82 Å². The van der Waals surface area contributed by atoms with E-state index in [2.05, 4.69) is 21.2 Å². The minimum atomic E-state index is -0.275. The van der Waals surface area contributed by atoms with Crippen LogP contribution in [0.1, 0.15) is 10.4 Å². The first kappa shape index (κ1) is 13.5. The Kier molecular flexibility index (Phi) is 4.74. The predicted octanol–water partition coefficient (Wildman–Crippen LogP) is 3.95. The van der Waals surface area contributed by atoms with Crippen LogP contribution in [0.15, 0.2) is 34.1 Å². The van der Waals surface area contributed by atoms with Crippen molar-refractivity contribution in [3.63, 3.8) is 0 Å². The molecule has 1 aromatic carbocycles. The lowest BCUT2D eigenvalue weighted by atomic mass is 10.2. The van der Waals surface area contributed by atoms with Crippen molar-refractivity contribution >= 4 is 27.3 Å². The summed E-state index contributed by atoms with van der Waals surface area (Å²) in [6.45, 7) is 1.07. The molecule has 0 fully saturated rings. The molecular formula is C13H13BrFNOS. The van der Waals surface area contributed by atoms with Crippen LogP contribution in [0.25, 0.3) is 0 Å². The van der Waals surface area contributed by atoms with Gasteiger partial charge in [-0.05, 0) is 52.1 Å². The molecule has 2 aromatic rings. The number of benzene rings is 1. The van der Waals surface area contributed by atoms with Crippen molar-refractivity contribution in [2.24, 2.45) is 0 Å². The number of hydrogen-bond donors (Lipinski definition) is 1. The highest BCUT2D eigenvalue weighted by Gasteiger charge is 2.05. The largest absolute Gasteiger partial charge is 0.488 e. The SMILES string of the molecule is CNCc1cc(F)cc(OCc2sccc2Br)c1. The molecule has 0 atom stereocenters. The molecule has 0 bridgehead atoms. The first-order chi connectivity index (χ1) is 8.69. The minimum Gasteiger partial charge on any atom is -0.488 e. The Morgan fingerprint density at radius 3 is 2.89 bits per heavy atom.